The number of benzene rings is 2. The quantitative estimate of drug-likeness (QED) is 0.317. The maximum Gasteiger partial charge on any atom is 0.308 e. The summed E-state index contributed by atoms with van der Waals surface area (Å²) in [4.78, 5) is 16.8. The first-order valence-electron chi connectivity index (χ1n) is 15.3. The predicted molar refractivity (Wildman–Crippen MR) is 161 cm³/mol. The van der Waals surface area contributed by atoms with Gasteiger partial charge in [0.15, 0.2) is 0 Å². The van der Waals surface area contributed by atoms with Crippen LogP contribution in [0.1, 0.15) is 68.0 Å². The fourth-order valence-corrected chi connectivity index (χ4v) is 6.96. The van der Waals surface area contributed by atoms with Gasteiger partial charge in [0.1, 0.15) is 5.82 Å². The number of aromatic nitrogens is 2. The molecule has 1 N–H and O–H groups in total. The molecule has 5 rings (SSSR count). The van der Waals surface area contributed by atoms with Gasteiger partial charge >= 0.3 is 5.97 Å². The summed E-state index contributed by atoms with van der Waals surface area (Å²) in [5, 5.41) is 14.7. The van der Waals surface area contributed by atoms with Crippen molar-refractivity contribution in [2.24, 2.45) is 17.8 Å². The highest BCUT2D eigenvalue weighted by molar-refractivity contribution is 5.70. The van der Waals surface area contributed by atoms with Gasteiger partial charge in [0.05, 0.1) is 11.6 Å². The van der Waals surface area contributed by atoms with E-state index >= 15 is 0 Å². The highest BCUT2D eigenvalue weighted by Gasteiger charge is 2.38. The molecule has 2 saturated heterocycles. The second-order valence-corrected chi connectivity index (χ2v) is 12.4. The molecule has 7 heteroatoms. The Morgan fingerprint density at radius 1 is 1.02 bits per heavy atom. The molecule has 1 aromatic heterocycles. The lowest BCUT2D eigenvalue weighted by molar-refractivity contribution is -0.143. The highest BCUT2D eigenvalue weighted by Crippen LogP contribution is 2.36. The van der Waals surface area contributed by atoms with Gasteiger partial charge < -0.3 is 14.9 Å². The second kappa shape index (κ2) is 13.3. The summed E-state index contributed by atoms with van der Waals surface area (Å²) >= 11 is 0. The van der Waals surface area contributed by atoms with Crippen molar-refractivity contribution in [2.75, 3.05) is 39.3 Å². The Bertz CT molecular complexity index is 1280. The average Bonchev–Trinajstić information content (AvgIpc) is 3.56. The van der Waals surface area contributed by atoms with Crippen LogP contribution in [0.5, 0.6) is 0 Å². The number of nitrogens with zero attached hydrogens (tertiary/aromatic N) is 4. The molecule has 220 valence electrons. The van der Waals surface area contributed by atoms with E-state index in [9.17, 15) is 14.3 Å². The zero-order chi connectivity index (χ0) is 28.9. The third kappa shape index (κ3) is 7.25. The lowest BCUT2D eigenvalue weighted by Crippen LogP contribution is -2.39. The van der Waals surface area contributed by atoms with Crippen LogP contribution < -0.4 is 0 Å². The number of aliphatic carboxylic acids is 1. The number of hydrogen-bond donors (Lipinski definition) is 1. The van der Waals surface area contributed by atoms with Gasteiger partial charge in [-0.25, -0.2) is 4.39 Å². The molecule has 3 heterocycles. The molecular formula is C34H45FN4O2. The van der Waals surface area contributed by atoms with Crippen LogP contribution in [0.2, 0.25) is 0 Å². The van der Waals surface area contributed by atoms with Crippen molar-refractivity contribution >= 4 is 5.97 Å². The van der Waals surface area contributed by atoms with Gasteiger partial charge in [0.25, 0.3) is 0 Å². The summed E-state index contributed by atoms with van der Waals surface area (Å²) in [6.07, 6.45) is 3.07. The number of carboxylic acids is 1. The first-order chi connectivity index (χ1) is 19.8. The first-order valence-corrected chi connectivity index (χ1v) is 15.3. The van der Waals surface area contributed by atoms with Gasteiger partial charge in [-0.3, -0.25) is 9.48 Å². The van der Waals surface area contributed by atoms with E-state index in [1.165, 1.54) is 17.3 Å². The maximum absolute atomic E-state index is 14.2. The predicted octanol–water partition coefficient (Wildman–Crippen LogP) is 5.88. The Kier molecular flexibility index (Phi) is 9.56. The number of likely N-dealkylation sites (tertiary alicyclic amines) is 2. The maximum atomic E-state index is 14.2. The minimum Gasteiger partial charge on any atom is -0.481 e. The molecule has 6 nitrogen and oxygen atoms in total. The monoisotopic (exact) mass is 560 g/mol. The van der Waals surface area contributed by atoms with Gasteiger partial charge in [-0.2, -0.15) is 5.10 Å². The fourth-order valence-electron chi connectivity index (χ4n) is 6.96. The van der Waals surface area contributed by atoms with Gasteiger partial charge in [0.2, 0.25) is 0 Å². The molecule has 0 spiro atoms. The molecule has 1 unspecified atom stereocenters. The summed E-state index contributed by atoms with van der Waals surface area (Å²) < 4.78 is 16.4. The molecule has 3 aromatic rings. The van der Waals surface area contributed by atoms with Crippen LogP contribution in [0.3, 0.4) is 0 Å². The molecule has 2 aromatic carbocycles. The van der Waals surface area contributed by atoms with Crippen LogP contribution in [-0.4, -0.2) is 69.9 Å². The van der Waals surface area contributed by atoms with E-state index in [-0.39, 0.29) is 17.7 Å². The zero-order valence-electron chi connectivity index (χ0n) is 24.8. The van der Waals surface area contributed by atoms with E-state index in [4.69, 9.17) is 5.10 Å². The van der Waals surface area contributed by atoms with Crippen molar-refractivity contribution in [1.82, 2.24) is 19.6 Å². The number of piperidine rings is 1. The largest absolute Gasteiger partial charge is 0.481 e. The summed E-state index contributed by atoms with van der Waals surface area (Å²) in [6, 6.07) is 19.9. The highest BCUT2D eigenvalue weighted by atomic mass is 19.1. The number of rotatable bonds is 11. The standard InChI is InChI=1S/C34H45FN4O2/c1-4-39-33(19-30(36-39)17-25-9-6-5-7-10-25)26-13-15-37(16-14-26)20-28-21-38(22-31(24(2)3)34(40)41)23-32(28)27-11-8-12-29(35)18-27/h5-12,18-19,24,26,28,31-32H,4,13-17,20-23H2,1-3H3,(H,40,41)/t28-,31?,32+/m0/s1. The zero-order valence-corrected chi connectivity index (χ0v) is 24.8. The molecule has 0 radical (unpaired) electrons. The van der Waals surface area contributed by atoms with E-state index in [2.05, 4.69) is 57.8 Å². The molecule has 0 saturated carbocycles. The van der Waals surface area contributed by atoms with Crippen LogP contribution in [0.15, 0.2) is 60.7 Å². The number of carboxylic acid groups (broad SMARTS) is 1. The smallest absolute Gasteiger partial charge is 0.308 e. The number of aryl methyl sites for hydroxylation is 1. The van der Waals surface area contributed by atoms with E-state index in [0.717, 1.165) is 69.8 Å². The Morgan fingerprint density at radius 3 is 2.44 bits per heavy atom. The molecule has 0 aliphatic carbocycles. The third-order valence-electron chi connectivity index (χ3n) is 9.26. The molecule has 2 aliphatic heterocycles. The van der Waals surface area contributed by atoms with Gasteiger partial charge in [-0.1, -0.05) is 56.3 Å². The minimum atomic E-state index is -0.730. The molecule has 2 aliphatic rings. The van der Waals surface area contributed by atoms with Crippen molar-refractivity contribution in [1.29, 1.82) is 0 Å². The van der Waals surface area contributed by atoms with E-state index in [1.54, 1.807) is 12.1 Å². The fraction of sp³-hybridized carbons (Fsp3) is 0.529. The number of carbonyl (C=O) groups is 1. The Morgan fingerprint density at radius 2 is 1.78 bits per heavy atom. The Balaban J connectivity index is 1.24. The average molecular weight is 561 g/mol. The minimum absolute atomic E-state index is 0.0722. The van der Waals surface area contributed by atoms with Crippen LogP contribution in [0.4, 0.5) is 4.39 Å². The first kappa shape index (κ1) is 29.5. The van der Waals surface area contributed by atoms with Crippen LogP contribution in [0, 0.1) is 23.6 Å². The van der Waals surface area contributed by atoms with Crippen molar-refractivity contribution in [3.63, 3.8) is 0 Å². The summed E-state index contributed by atoms with van der Waals surface area (Å²) in [7, 11) is 0. The SMILES string of the molecule is CCn1nc(Cc2ccccc2)cc1C1CCN(C[C@H]2CN(CC(C(=O)O)C(C)C)C[C@@H]2c2cccc(F)c2)CC1. The van der Waals surface area contributed by atoms with E-state index < -0.39 is 11.9 Å². The van der Waals surface area contributed by atoms with Crippen LogP contribution >= 0.6 is 0 Å². The third-order valence-corrected chi connectivity index (χ3v) is 9.26. The number of hydrogen-bond acceptors (Lipinski definition) is 4. The summed E-state index contributed by atoms with van der Waals surface area (Å²) in [5.74, 6) is -0.211. The topological polar surface area (TPSA) is 61.6 Å². The lowest BCUT2D eigenvalue weighted by atomic mass is 9.87. The van der Waals surface area contributed by atoms with Crippen molar-refractivity contribution in [3.8, 4) is 0 Å². The number of halogens is 1. The van der Waals surface area contributed by atoms with Crippen molar-refractivity contribution in [3.05, 3.63) is 89.0 Å². The molecule has 0 amide bonds. The normalized spacial score (nSPS) is 21.5. The molecular weight excluding hydrogens is 515 g/mol. The molecule has 0 bridgehead atoms. The summed E-state index contributed by atoms with van der Waals surface area (Å²) in [6.45, 7) is 12.2. The lowest BCUT2D eigenvalue weighted by Gasteiger charge is -2.35. The van der Waals surface area contributed by atoms with Gasteiger partial charge in [-0.15, -0.1) is 0 Å². The van der Waals surface area contributed by atoms with Gasteiger partial charge in [0, 0.05) is 56.7 Å². The van der Waals surface area contributed by atoms with Crippen molar-refractivity contribution in [2.45, 2.75) is 58.4 Å². The second-order valence-electron chi connectivity index (χ2n) is 12.4. The van der Waals surface area contributed by atoms with Crippen LogP contribution in [-0.2, 0) is 17.8 Å². The van der Waals surface area contributed by atoms with E-state index in [1.807, 2.05) is 19.9 Å². The van der Waals surface area contributed by atoms with Crippen LogP contribution in [0.25, 0.3) is 0 Å². The molecule has 2 fully saturated rings. The van der Waals surface area contributed by atoms with Gasteiger partial charge in [-0.05, 0) is 74.0 Å². The van der Waals surface area contributed by atoms with Crippen molar-refractivity contribution < 1.29 is 14.3 Å². The Labute approximate surface area is 244 Å². The Hall–Kier alpha value is -3.03. The summed E-state index contributed by atoms with van der Waals surface area (Å²) in [5.41, 5.74) is 4.81. The molecule has 41 heavy (non-hydrogen) atoms. The van der Waals surface area contributed by atoms with E-state index in [0.29, 0.717) is 18.4 Å². The molecule has 3 atom stereocenters.